The first-order chi connectivity index (χ1) is 13.3. The molecule has 0 aliphatic rings. The van der Waals surface area contributed by atoms with Gasteiger partial charge in [-0.15, -0.1) is 0 Å². The number of aliphatic hydroxyl groups excluding tert-OH is 1. The van der Waals surface area contributed by atoms with Gasteiger partial charge in [0, 0.05) is 5.75 Å². The number of benzene rings is 1. The van der Waals surface area contributed by atoms with Gasteiger partial charge in [0.25, 0.3) is 0 Å². The Balaban J connectivity index is 2.50. The van der Waals surface area contributed by atoms with Crippen molar-refractivity contribution in [2.45, 2.75) is 24.5 Å². The van der Waals surface area contributed by atoms with E-state index in [9.17, 15) is 19.2 Å². The Morgan fingerprint density at radius 1 is 1.04 bits per heavy atom. The number of hydrogen-bond donors (Lipinski definition) is 7. The number of aliphatic hydroxyl groups is 1. The minimum atomic E-state index is -1.47. The van der Waals surface area contributed by atoms with Gasteiger partial charge in [0.15, 0.2) is 0 Å². The van der Waals surface area contributed by atoms with Crippen LogP contribution < -0.4 is 21.7 Å². The van der Waals surface area contributed by atoms with Gasteiger partial charge in [-0.05, 0) is 12.0 Å². The summed E-state index contributed by atoms with van der Waals surface area (Å²) in [6.45, 7) is -1.32. The van der Waals surface area contributed by atoms with Crippen LogP contribution in [0.5, 0.6) is 0 Å². The van der Waals surface area contributed by atoms with E-state index in [-0.39, 0.29) is 12.2 Å². The van der Waals surface area contributed by atoms with Crippen LogP contribution in [0.25, 0.3) is 0 Å². The highest BCUT2D eigenvalue weighted by Gasteiger charge is 2.24. The first-order valence-corrected chi connectivity index (χ1v) is 9.03. The zero-order chi connectivity index (χ0) is 21.1. The van der Waals surface area contributed by atoms with Crippen LogP contribution >= 0.6 is 12.6 Å². The number of rotatable bonds is 11. The molecule has 28 heavy (non-hydrogen) atoms. The predicted octanol–water partition coefficient (Wildman–Crippen LogP) is -2.35. The first kappa shape index (κ1) is 23.4. The Bertz CT molecular complexity index is 687. The van der Waals surface area contributed by atoms with Crippen molar-refractivity contribution >= 4 is 36.3 Å². The van der Waals surface area contributed by atoms with Crippen LogP contribution in [-0.4, -0.2) is 70.9 Å². The molecule has 11 heteroatoms. The van der Waals surface area contributed by atoms with E-state index in [0.717, 1.165) is 5.56 Å². The number of hydrogen-bond acceptors (Lipinski definition) is 7. The molecule has 3 unspecified atom stereocenters. The van der Waals surface area contributed by atoms with Gasteiger partial charge in [0.1, 0.15) is 12.1 Å². The number of carbonyl (C=O) groups excluding carboxylic acids is 3. The van der Waals surface area contributed by atoms with Crippen LogP contribution in [0.15, 0.2) is 30.3 Å². The van der Waals surface area contributed by atoms with Crippen LogP contribution in [0.3, 0.4) is 0 Å². The maximum absolute atomic E-state index is 12.2. The van der Waals surface area contributed by atoms with Crippen LogP contribution in [-0.2, 0) is 25.6 Å². The fourth-order valence-electron chi connectivity index (χ4n) is 2.16. The topological polar surface area (TPSA) is 171 Å². The molecule has 0 aliphatic heterocycles. The third kappa shape index (κ3) is 7.94. The lowest BCUT2D eigenvalue weighted by atomic mass is 10.1. The summed E-state index contributed by atoms with van der Waals surface area (Å²) < 4.78 is 0. The zero-order valence-electron chi connectivity index (χ0n) is 15.0. The van der Waals surface area contributed by atoms with Crippen molar-refractivity contribution in [3.63, 3.8) is 0 Å². The number of carboxylic acid groups (broad SMARTS) is 1. The van der Waals surface area contributed by atoms with Crippen LogP contribution in [0.1, 0.15) is 5.56 Å². The summed E-state index contributed by atoms with van der Waals surface area (Å²) in [4.78, 5) is 46.7. The second-order valence-corrected chi connectivity index (χ2v) is 6.26. The molecule has 1 rings (SSSR count). The van der Waals surface area contributed by atoms with E-state index in [2.05, 4.69) is 23.3 Å². The summed E-state index contributed by atoms with van der Waals surface area (Å²) in [5.74, 6) is -3.48. The fraction of sp³-hybridized carbons (Fsp3) is 0.412. The maximum atomic E-state index is 12.2. The monoisotopic (exact) mass is 412 g/mol. The number of amides is 3. The summed E-state index contributed by atoms with van der Waals surface area (Å²) in [5.41, 5.74) is 6.73. The van der Waals surface area contributed by atoms with E-state index in [1.54, 1.807) is 0 Å². The van der Waals surface area contributed by atoms with Crippen LogP contribution in [0.2, 0.25) is 0 Å². The van der Waals surface area contributed by atoms with Gasteiger partial charge < -0.3 is 31.9 Å². The second kappa shape index (κ2) is 12.0. The largest absolute Gasteiger partial charge is 0.480 e. The van der Waals surface area contributed by atoms with Crippen molar-refractivity contribution < 1.29 is 29.4 Å². The molecule has 0 radical (unpaired) electrons. The molecule has 3 atom stereocenters. The van der Waals surface area contributed by atoms with Gasteiger partial charge in [-0.3, -0.25) is 14.4 Å². The van der Waals surface area contributed by atoms with Crippen LogP contribution in [0.4, 0.5) is 0 Å². The highest BCUT2D eigenvalue weighted by Crippen LogP contribution is 2.02. The number of carbonyl (C=O) groups is 4. The SMILES string of the molecule is NC(Cc1ccccc1)C(=O)NC(CS)C(=O)NCC(=O)NC(CO)C(=O)O. The van der Waals surface area contributed by atoms with E-state index in [1.807, 2.05) is 35.6 Å². The minimum absolute atomic E-state index is 0.0361. The summed E-state index contributed by atoms with van der Waals surface area (Å²) in [6.07, 6.45) is 0.285. The first-order valence-electron chi connectivity index (χ1n) is 8.40. The molecule has 0 fully saturated rings. The van der Waals surface area contributed by atoms with E-state index in [1.165, 1.54) is 0 Å². The average Bonchev–Trinajstić information content (AvgIpc) is 2.68. The zero-order valence-corrected chi connectivity index (χ0v) is 15.9. The summed E-state index contributed by atoms with van der Waals surface area (Å²) >= 11 is 4.01. The van der Waals surface area contributed by atoms with Crippen molar-refractivity contribution in [1.29, 1.82) is 0 Å². The smallest absolute Gasteiger partial charge is 0.328 e. The molecular formula is C17H24N4O6S. The maximum Gasteiger partial charge on any atom is 0.328 e. The number of carboxylic acids is 1. The van der Waals surface area contributed by atoms with Crippen molar-refractivity contribution in [2.75, 3.05) is 18.9 Å². The number of nitrogens with two attached hydrogens (primary N) is 1. The quantitative estimate of drug-likeness (QED) is 0.199. The van der Waals surface area contributed by atoms with Crippen molar-refractivity contribution in [1.82, 2.24) is 16.0 Å². The normalized spacial score (nSPS) is 13.7. The highest BCUT2D eigenvalue weighted by molar-refractivity contribution is 7.80. The van der Waals surface area contributed by atoms with Crippen molar-refractivity contribution in [3.8, 4) is 0 Å². The standard InChI is InChI=1S/C17H24N4O6S/c18-11(6-10-4-2-1-3-5-10)15(24)21-13(9-28)16(25)19-7-14(23)20-12(8-22)17(26)27/h1-5,11-13,22,28H,6-9,18H2,(H,19,25)(H,20,23)(H,21,24)(H,26,27). The summed E-state index contributed by atoms with van der Waals surface area (Å²) in [6, 6.07) is 5.75. The molecule has 1 aromatic carbocycles. The number of nitrogens with one attached hydrogen (secondary N) is 3. The van der Waals surface area contributed by atoms with Gasteiger partial charge in [-0.2, -0.15) is 12.6 Å². The lowest BCUT2D eigenvalue weighted by molar-refractivity contribution is -0.142. The molecule has 10 nitrogen and oxygen atoms in total. The fourth-order valence-corrected chi connectivity index (χ4v) is 2.41. The average molecular weight is 412 g/mol. The van der Waals surface area contributed by atoms with Crippen molar-refractivity contribution in [3.05, 3.63) is 35.9 Å². The lowest BCUT2D eigenvalue weighted by Gasteiger charge is -2.19. The van der Waals surface area contributed by atoms with Crippen molar-refractivity contribution in [2.24, 2.45) is 5.73 Å². The third-order valence-electron chi connectivity index (χ3n) is 3.69. The molecule has 154 valence electrons. The van der Waals surface area contributed by atoms with Gasteiger partial charge >= 0.3 is 5.97 Å². The lowest BCUT2D eigenvalue weighted by Crippen LogP contribution is -2.54. The van der Waals surface area contributed by atoms with E-state index in [0.29, 0.717) is 0 Å². The molecule has 0 aromatic heterocycles. The summed E-state index contributed by atoms with van der Waals surface area (Å²) in [7, 11) is 0. The van der Waals surface area contributed by atoms with E-state index < -0.39 is 55.0 Å². The van der Waals surface area contributed by atoms with Gasteiger partial charge in [-0.1, -0.05) is 30.3 Å². The Kier molecular flexibility index (Phi) is 9.99. The summed E-state index contributed by atoms with van der Waals surface area (Å²) in [5, 5.41) is 24.4. The molecule has 1 aromatic rings. The Morgan fingerprint density at radius 3 is 2.21 bits per heavy atom. The second-order valence-electron chi connectivity index (χ2n) is 5.90. The molecule has 0 aliphatic carbocycles. The molecular weight excluding hydrogens is 388 g/mol. The van der Waals surface area contributed by atoms with E-state index >= 15 is 0 Å². The number of aliphatic carboxylic acids is 1. The molecule has 3 amide bonds. The number of thiol groups is 1. The Hall–Kier alpha value is -2.63. The Labute approximate surface area is 167 Å². The molecule has 0 saturated heterocycles. The highest BCUT2D eigenvalue weighted by atomic mass is 32.1. The molecule has 7 N–H and O–H groups in total. The Morgan fingerprint density at radius 2 is 1.68 bits per heavy atom. The minimum Gasteiger partial charge on any atom is -0.480 e. The molecule has 0 saturated carbocycles. The van der Waals surface area contributed by atoms with Gasteiger partial charge in [0.05, 0.1) is 19.2 Å². The predicted molar refractivity (Wildman–Crippen MR) is 104 cm³/mol. The van der Waals surface area contributed by atoms with Gasteiger partial charge in [0.2, 0.25) is 17.7 Å². The van der Waals surface area contributed by atoms with E-state index in [4.69, 9.17) is 15.9 Å². The third-order valence-corrected chi connectivity index (χ3v) is 4.05. The van der Waals surface area contributed by atoms with Crippen LogP contribution in [0, 0.1) is 0 Å². The molecule has 0 bridgehead atoms. The molecule has 0 spiro atoms. The molecule has 0 heterocycles. The van der Waals surface area contributed by atoms with Gasteiger partial charge in [-0.25, -0.2) is 4.79 Å².